The molecule has 1 saturated heterocycles. The van der Waals surface area contributed by atoms with E-state index in [9.17, 15) is 0 Å². The smallest absolute Gasteiger partial charge is 0.156 e. The minimum atomic E-state index is 0.744. The van der Waals surface area contributed by atoms with Gasteiger partial charge in [-0.2, -0.15) is 5.10 Å². The monoisotopic (exact) mass is 387 g/mol. The van der Waals surface area contributed by atoms with Crippen LogP contribution in [-0.4, -0.2) is 57.8 Å². The first-order valence-electron chi connectivity index (χ1n) is 10.1. The fourth-order valence-corrected chi connectivity index (χ4v) is 3.89. The van der Waals surface area contributed by atoms with Gasteiger partial charge in [0.05, 0.1) is 16.7 Å². The number of H-pyrrole nitrogens is 2. The molecule has 1 aliphatic rings. The van der Waals surface area contributed by atoms with E-state index in [-0.39, 0.29) is 0 Å². The lowest BCUT2D eigenvalue weighted by molar-refractivity contribution is 0.271. The van der Waals surface area contributed by atoms with Gasteiger partial charge in [-0.05, 0) is 42.9 Å². The molecule has 7 nitrogen and oxygen atoms in total. The molecule has 0 saturated carbocycles. The number of benzene rings is 2. The average Bonchev–Trinajstić information content (AvgIpc) is 3.41. The number of nitrogens with zero attached hydrogens (tertiary/aromatic N) is 4. The van der Waals surface area contributed by atoms with E-state index in [1.807, 2.05) is 30.3 Å². The SMILES string of the molecule is CCN1CCN(c2ccc3nc(-c4cc(-c5ccc(N)cc5)n[nH]4)[nH]c3c2)CC1. The van der Waals surface area contributed by atoms with Crippen molar-refractivity contribution in [2.75, 3.05) is 43.4 Å². The quantitative estimate of drug-likeness (QED) is 0.467. The molecule has 7 heteroatoms. The molecule has 2 aromatic heterocycles. The van der Waals surface area contributed by atoms with Gasteiger partial charge in [0.15, 0.2) is 5.82 Å². The van der Waals surface area contributed by atoms with Crippen molar-refractivity contribution < 1.29 is 0 Å². The number of aromatic nitrogens is 4. The molecule has 3 heterocycles. The van der Waals surface area contributed by atoms with Gasteiger partial charge < -0.3 is 20.5 Å². The van der Waals surface area contributed by atoms with E-state index in [0.29, 0.717) is 0 Å². The van der Waals surface area contributed by atoms with E-state index >= 15 is 0 Å². The maximum Gasteiger partial charge on any atom is 0.156 e. The number of nitrogens with two attached hydrogens (primary N) is 1. The molecule has 4 N–H and O–H groups in total. The summed E-state index contributed by atoms with van der Waals surface area (Å²) in [6, 6.07) is 16.2. The highest BCUT2D eigenvalue weighted by molar-refractivity contribution is 5.83. The molecular weight excluding hydrogens is 362 g/mol. The van der Waals surface area contributed by atoms with Gasteiger partial charge >= 0.3 is 0 Å². The molecule has 0 spiro atoms. The van der Waals surface area contributed by atoms with Gasteiger partial charge in [0.1, 0.15) is 5.69 Å². The fraction of sp³-hybridized carbons (Fsp3) is 0.273. The Kier molecular flexibility index (Phi) is 4.44. The molecule has 1 aliphatic heterocycles. The van der Waals surface area contributed by atoms with Gasteiger partial charge in [-0.1, -0.05) is 19.1 Å². The molecule has 2 aromatic carbocycles. The standard InChI is InChI=1S/C22H25N7/c1-2-28-9-11-29(12-10-28)17-7-8-18-20(13-17)25-22(24-18)21-14-19(26-27-21)15-3-5-16(23)6-4-15/h3-8,13-14H,2,9-12,23H2,1H3,(H,24,25)(H,26,27). The number of anilines is 2. The summed E-state index contributed by atoms with van der Waals surface area (Å²) in [7, 11) is 0. The Morgan fingerprint density at radius 1 is 1.00 bits per heavy atom. The second kappa shape index (κ2) is 7.25. The van der Waals surface area contributed by atoms with Crippen molar-refractivity contribution in [3.63, 3.8) is 0 Å². The maximum atomic E-state index is 5.77. The molecule has 0 aliphatic carbocycles. The van der Waals surface area contributed by atoms with Crippen molar-refractivity contribution in [3.05, 3.63) is 48.5 Å². The van der Waals surface area contributed by atoms with E-state index in [1.165, 1.54) is 5.69 Å². The molecule has 0 atom stereocenters. The Bertz CT molecular complexity index is 1120. The van der Waals surface area contributed by atoms with Crippen LogP contribution in [0.1, 0.15) is 6.92 Å². The summed E-state index contributed by atoms with van der Waals surface area (Å²) < 4.78 is 0. The number of piperazine rings is 1. The predicted molar refractivity (Wildman–Crippen MR) is 118 cm³/mol. The number of nitrogen functional groups attached to an aromatic ring is 1. The van der Waals surface area contributed by atoms with Crippen LogP contribution in [0.5, 0.6) is 0 Å². The number of imidazole rings is 1. The minimum absolute atomic E-state index is 0.744. The lowest BCUT2D eigenvalue weighted by Gasteiger charge is -2.35. The third-order valence-corrected chi connectivity index (χ3v) is 5.69. The normalized spacial score (nSPS) is 15.3. The summed E-state index contributed by atoms with van der Waals surface area (Å²) in [4.78, 5) is 13.1. The number of likely N-dealkylation sites (N-methyl/N-ethyl adjacent to an activating group) is 1. The number of rotatable bonds is 4. The fourth-order valence-electron chi connectivity index (χ4n) is 3.89. The molecule has 4 aromatic rings. The number of aromatic amines is 2. The van der Waals surface area contributed by atoms with Gasteiger partial charge in [0.2, 0.25) is 0 Å². The van der Waals surface area contributed by atoms with Crippen LogP contribution in [0.4, 0.5) is 11.4 Å². The van der Waals surface area contributed by atoms with E-state index < -0.39 is 0 Å². The number of hydrogen-bond acceptors (Lipinski definition) is 5. The first-order valence-corrected chi connectivity index (χ1v) is 10.1. The zero-order valence-electron chi connectivity index (χ0n) is 16.5. The highest BCUT2D eigenvalue weighted by atomic mass is 15.3. The van der Waals surface area contributed by atoms with Gasteiger partial charge in [0.25, 0.3) is 0 Å². The summed E-state index contributed by atoms with van der Waals surface area (Å²) >= 11 is 0. The van der Waals surface area contributed by atoms with Crippen LogP contribution in [0.2, 0.25) is 0 Å². The van der Waals surface area contributed by atoms with Gasteiger partial charge in [-0.15, -0.1) is 0 Å². The summed E-state index contributed by atoms with van der Waals surface area (Å²) in [5.41, 5.74) is 12.5. The summed E-state index contributed by atoms with van der Waals surface area (Å²) in [5.74, 6) is 0.794. The van der Waals surface area contributed by atoms with Crippen LogP contribution in [0, 0.1) is 0 Å². The zero-order valence-corrected chi connectivity index (χ0v) is 16.5. The molecule has 148 valence electrons. The molecule has 1 fully saturated rings. The van der Waals surface area contributed by atoms with E-state index in [4.69, 9.17) is 10.7 Å². The van der Waals surface area contributed by atoms with Crippen molar-refractivity contribution in [3.8, 4) is 22.8 Å². The Balaban J connectivity index is 1.40. The van der Waals surface area contributed by atoms with E-state index in [1.54, 1.807) is 0 Å². The van der Waals surface area contributed by atoms with Crippen LogP contribution < -0.4 is 10.6 Å². The third-order valence-electron chi connectivity index (χ3n) is 5.69. The predicted octanol–water partition coefficient (Wildman–Crippen LogP) is 3.34. The van der Waals surface area contributed by atoms with E-state index in [2.05, 4.69) is 50.1 Å². The van der Waals surface area contributed by atoms with Crippen molar-refractivity contribution >= 4 is 22.4 Å². The second-order valence-corrected chi connectivity index (χ2v) is 7.50. The van der Waals surface area contributed by atoms with Crippen LogP contribution in [-0.2, 0) is 0 Å². The molecule has 0 amide bonds. The van der Waals surface area contributed by atoms with Crippen LogP contribution in [0.15, 0.2) is 48.5 Å². The molecule has 0 bridgehead atoms. The summed E-state index contributed by atoms with van der Waals surface area (Å²) in [5, 5.41) is 7.52. The van der Waals surface area contributed by atoms with Crippen LogP contribution >= 0.6 is 0 Å². The molecule has 5 rings (SSSR count). The Morgan fingerprint density at radius 3 is 2.55 bits per heavy atom. The van der Waals surface area contributed by atoms with E-state index in [0.717, 1.165) is 72.2 Å². The number of hydrogen-bond donors (Lipinski definition) is 3. The Morgan fingerprint density at radius 2 is 1.79 bits per heavy atom. The summed E-state index contributed by atoms with van der Waals surface area (Å²) in [6.07, 6.45) is 0. The average molecular weight is 387 g/mol. The largest absolute Gasteiger partial charge is 0.399 e. The second-order valence-electron chi connectivity index (χ2n) is 7.50. The van der Waals surface area contributed by atoms with Gasteiger partial charge in [-0.3, -0.25) is 5.10 Å². The zero-order chi connectivity index (χ0) is 19.8. The third kappa shape index (κ3) is 3.45. The molecule has 0 radical (unpaired) electrons. The molecule has 29 heavy (non-hydrogen) atoms. The van der Waals surface area contributed by atoms with Crippen molar-refractivity contribution in [2.24, 2.45) is 0 Å². The van der Waals surface area contributed by atoms with Crippen molar-refractivity contribution in [1.82, 2.24) is 25.1 Å². The van der Waals surface area contributed by atoms with Crippen molar-refractivity contribution in [2.45, 2.75) is 6.92 Å². The van der Waals surface area contributed by atoms with Crippen LogP contribution in [0.25, 0.3) is 33.8 Å². The lowest BCUT2D eigenvalue weighted by atomic mass is 10.1. The van der Waals surface area contributed by atoms with Gasteiger partial charge in [0, 0.05) is 43.1 Å². The lowest BCUT2D eigenvalue weighted by Crippen LogP contribution is -2.46. The highest BCUT2D eigenvalue weighted by Crippen LogP contribution is 2.27. The topological polar surface area (TPSA) is 89.9 Å². The molecular formula is C22H25N7. The maximum absolute atomic E-state index is 5.77. The van der Waals surface area contributed by atoms with Crippen molar-refractivity contribution in [1.29, 1.82) is 0 Å². The number of nitrogens with one attached hydrogen (secondary N) is 2. The minimum Gasteiger partial charge on any atom is -0.399 e. The first-order chi connectivity index (χ1) is 14.2. The first kappa shape index (κ1) is 17.8. The Labute approximate surface area is 169 Å². The molecule has 0 unspecified atom stereocenters. The van der Waals surface area contributed by atoms with Crippen LogP contribution in [0.3, 0.4) is 0 Å². The Hall–Kier alpha value is -3.32. The summed E-state index contributed by atoms with van der Waals surface area (Å²) in [6.45, 7) is 7.70. The highest BCUT2D eigenvalue weighted by Gasteiger charge is 2.17. The van der Waals surface area contributed by atoms with Gasteiger partial charge in [-0.25, -0.2) is 4.98 Å². The number of fused-ring (bicyclic) bond motifs is 1.